The fourth-order valence-corrected chi connectivity index (χ4v) is 2.56. The van der Waals surface area contributed by atoms with E-state index in [4.69, 9.17) is 23.2 Å². The molecule has 0 radical (unpaired) electrons. The zero-order valence-electron chi connectivity index (χ0n) is 11.0. The quantitative estimate of drug-likeness (QED) is 0.850. The lowest BCUT2D eigenvalue weighted by Crippen LogP contribution is -2.21. The summed E-state index contributed by atoms with van der Waals surface area (Å²) in [4.78, 5) is 0. The summed E-state index contributed by atoms with van der Waals surface area (Å²) in [7, 11) is 1.61. The van der Waals surface area contributed by atoms with Gasteiger partial charge in [0.25, 0.3) is 0 Å². The monoisotopic (exact) mass is 315 g/mol. The SMILES string of the molecule is CNC(c1cccc(Cl)c1Cl)c1c(F)ccc(C)c1F. The smallest absolute Gasteiger partial charge is 0.134 e. The molecule has 1 atom stereocenters. The minimum Gasteiger partial charge on any atom is -0.309 e. The Labute approximate surface area is 126 Å². The Hall–Kier alpha value is -1.16. The topological polar surface area (TPSA) is 12.0 Å². The Morgan fingerprint density at radius 2 is 1.80 bits per heavy atom. The molecule has 20 heavy (non-hydrogen) atoms. The van der Waals surface area contributed by atoms with Crippen molar-refractivity contribution < 1.29 is 8.78 Å². The van der Waals surface area contributed by atoms with Crippen LogP contribution in [0.5, 0.6) is 0 Å². The standard InChI is InChI=1S/C15H13Cl2F2N/c1-8-6-7-11(18)12(14(8)19)15(20-2)9-4-3-5-10(16)13(9)17/h3-7,15,20H,1-2H3. The molecule has 0 aliphatic heterocycles. The molecular weight excluding hydrogens is 303 g/mol. The molecule has 0 bridgehead atoms. The molecule has 5 heteroatoms. The third-order valence-electron chi connectivity index (χ3n) is 3.19. The lowest BCUT2D eigenvalue weighted by molar-refractivity contribution is 0.517. The van der Waals surface area contributed by atoms with Gasteiger partial charge in [0.05, 0.1) is 16.1 Å². The number of benzene rings is 2. The highest BCUT2D eigenvalue weighted by atomic mass is 35.5. The van der Waals surface area contributed by atoms with Crippen LogP contribution in [0, 0.1) is 18.6 Å². The molecule has 106 valence electrons. The molecule has 1 unspecified atom stereocenters. The Kier molecular flexibility index (Phi) is 4.63. The Morgan fingerprint density at radius 3 is 2.45 bits per heavy atom. The van der Waals surface area contributed by atoms with Gasteiger partial charge < -0.3 is 5.32 Å². The van der Waals surface area contributed by atoms with Crippen molar-refractivity contribution in [2.75, 3.05) is 7.05 Å². The number of halogens is 4. The average molecular weight is 316 g/mol. The summed E-state index contributed by atoms with van der Waals surface area (Å²) in [5.41, 5.74) is 0.849. The normalized spacial score (nSPS) is 12.5. The van der Waals surface area contributed by atoms with E-state index in [2.05, 4.69) is 5.32 Å². The summed E-state index contributed by atoms with van der Waals surface area (Å²) in [6.07, 6.45) is 0. The van der Waals surface area contributed by atoms with Crippen LogP contribution in [0.15, 0.2) is 30.3 Å². The van der Waals surface area contributed by atoms with Gasteiger partial charge in [0.15, 0.2) is 0 Å². The van der Waals surface area contributed by atoms with Gasteiger partial charge in [0.1, 0.15) is 11.6 Å². The lowest BCUT2D eigenvalue weighted by Gasteiger charge is -2.21. The number of hydrogen-bond acceptors (Lipinski definition) is 1. The first-order valence-electron chi connectivity index (χ1n) is 6.03. The van der Waals surface area contributed by atoms with Crippen molar-refractivity contribution in [1.29, 1.82) is 0 Å². The molecule has 0 saturated heterocycles. The van der Waals surface area contributed by atoms with Crippen molar-refractivity contribution >= 4 is 23.2 Å². The molecule has 0 spiro atoms. The molecule has 0 amide bonds. The van der Waals surface area contributed by atoms with Crippen LogP contribution in [-0.2, 0) is 0 Å². The highest BCUT2D eigenvalue weighted by Gasteiger charge is 2.24. The third kappa shape index (κ3) is 2.66. The highest BCUT2D eigenvalue weighted by Crippen LogP contribution is 2.35. The van der Waals surface area contributed by atoms with Gasteiger partial charge in [-0.15, -0.1) is 0 Å². The van der Waals surface area contributed by atoms with Crippen LogP contribution in [0.1, 0.15) is 22.7 Å². The molecule has 2 aromatic rings. The maximum Gasteiger partial charge on any atom is 0.134 e. The van der Waals surface area contributed by atoms with Crippen LogP contribution in [0.4, 0.5) is 8.78 Å². The van der Waals surface area contributed by atoms with Crippen molar-refractivity contribution in [3.8, 4) is 0 Å². The Bertz CT molecular complexity index is 644. The van der Waals surface area contributed by atoms with Gasteiger partial charge in [-0.2, -0.15) is 0 Å². The van der Waals surface area contributed by atoms with Crippen molar-refractivity contribution in [1.82, 2.24) is 5.32 Å². The molecule has 0 saturated carbocycles. The second-order valence-corrected chi connectivity index (χ2v) is 5.24. The fraction of sp³-hybridized carbons (Fsp3) is 0.200. The molecule has 2 aromatic carbocycles. The molecular formula is C15H13Cl2F2N. The van der Waals surface area contributed by atoms with Crippen LogP contribution >= 0.6 is 23.2 Å². The molecule has 0 aliphatic carbocycles. The molecule has 1 nitrogen and oxygen atoms in total. The van der Waals surface area contributed by atoms with Crippen LogP contribution in [0.25, 0.3) is 0 Å². The van der Waals surface area contributed by atoms with Gasteiger partial charge in [-0.1, -0.05) is 41.4 Å². The van der Waals surface area contributed by atoms with Gasteiger partial charge in [0.2, 0.25) is 0 Å². The largest absolute Gasteiger partial charge is 0.309 e. The minimum atomic E-state index is -0.707. The summed E-state index contributed by atoms with van der Waals surface area (Å²) in [5.74, 6) is -1.20. The average Bonchev–Trinajstić information content (AvgIpc) is 2.43. The van der Waals surface area contributed by atoms with Gasteiger partial charge in [-0.25, -0.2) is 8.78 Å². The number of aryl methyl sites for hydroxylation is 1. The summed E-state index contributed by atoms with van der Waals surface area (Å²) >= 11 is 12.1. The molecule has 0 aliphatic rings. The van der Waals surface area contributed by atoms with E-state index in [0.717, 1.165) is 0 Å². The fourth-order valence-electron chi connectivity index (χ4n) is 2.14. The summed E-state index contributed by atoms with van der Waals surface area (Å²) in [6.45, 7) is 1.59. The van der Waals surface area contributed by atoms with E-state index < -0.39 is 17.7 Å². The molecule has 0 aromatic heterocycles. The van der Waals surface area contributed by atoms with E-state index >= 15 is 0 Å². The zero-order chi connectivity index (χ0) is 14.9. The predicted octanol–water partition coefficient (Wildman–Crippen LogP) is 4.89. The summed E-state index contributed by atoms with van der Waals surface area (Å²) in [6, 6.07) is 6.96. The van der Waals surface area contributed by atoms with E-state index in [-0.39, 0.29) is 10.6 Å². The summed E-state index contributed by atoms with van der Waals surface area (Å²) < 4.78 is 28.3. The van der Waals surface area contributed by atoms with Crippen LogP contribution in [0.2, 0.25) is 10.0 Å². The Balaban J connectivity index is 2.65. The first kappa shape index (κ1) is 15.2. The third-order valence-corrected chi connectivity index (χ3v) is 4.02. The van der Waals surface area contributed by atoms with E-state index in [0.29, 0.717) is 16.1 Å². The van der Waals surface area contributed by atoms with Crippen LogP contribution < -0.4 is 5.32 Å². The van der Waals surface area contributed by atoms with Crippen LogP contribution in [-0.4, -0.2) is 7.05 Å². The maximum atomic E-state index is 14.3. The van der Waals surface area contributed by atoms with E-state index in [1.54, 1.807) is 32.2 Å². The number of rotatable bonds is 3. The zero-order valence-corrected chi connectivity index (χ0v) is 12.5. The highest BCUT2D eigenvalue weighted by molar-refractivity contribution is 6.42. The van der Waals surface area contributed by atoms with Crippen LogP contribution in [0.3, 0.4) is 0 Å². The van der Waals surface area contributed by atoms with Gasteiger partial charge >= 0.3 is 0 Å². The first-order valence-corrected chi connectivity index (χ1v) is 6.78. The second-order valence-electron chi connectivity index (χ2n) is 4.46. The molecule has 0 fully saturated rings. The maximum absolute atomic E-state index is 14.3. The number of hydrogen-bond donors (Lipinski definition) is 1. The van der Waals surface area contributed by atoms with Crippen molar-refractivity contribution in [2.45, 2.75) is 13.0 Å². The molecule has 1 N–H and O–H groups in total. The van der Waals surface area contributed by atoms with E-state index in [9.17, 15) is 8.78 Å². The minimum absolute atomic E-state index is 0.0586. The van der Waals surface area contributed by atoms with Gasteiger partial charge in [0, 0.05) is 5.56 Å². The van der Waals surface area contributed by atoms with Crippen molar-refractivity contribution in [2.24, 2.45) is 0 Å². The molecule has 2 rings (SSSR count). The number of nitrogens with one attached hydrogen (secondary N) is 1. The molecule has 0 heterocycles. The van der Waals surface area contributed by atoms with Crippen molar-refractivity contribution in [3.05, 3.63) is 68.7 Å². The van der Waals surface area contributed by atoms with Crippen molar-refractivity contribution in [3.63, 3.8) is 0 Å². The summed E-state index contributed by atoms with van der Waals surface area (Å²) in [5, 5.41) is 3.52. The second kappa shape index (κ2) is 6.08. The van der Waals surface area contributed by atoms with Gasteiger partial charge in [-0.3, -0.25) is 0 Å². The van der Waals surface area contributed by atoms with E-state index in [1.807, 2.05) is 0 Å². The first-order chi connectivity index (χ1) is 9.47. The van der Waals surface area contributed by atoms with E-state index in [1.165, 1.54) is 12.1 Å². The van der Waals surface area contributed by atoms with Gasteiger partial charge in [-0.05, 0) is 37.2 Å². The Morgan fingerprint density at radius 1 is 1.10 bits per heavy atom. The lowest BCUT2D eigenvalue weighted by atomic mass is 9.96. The predicted molar refractivity (Wildman–Crippen MR) is 78.5 cm³/mol.